The molecule has 28 heavy (non-hydrogen) atoms. The molecule has 2 aromatic carbocycles. The molecule has 1 amide bonds. The first kappa shape index (κ1) is 20.6. The number of halogens is 2. The molecule has 1 aliphatic heterocycles. The minimum Gasteiger partial charge on any atom is -0.438 e. The number of aliphatic hydroxyl groups is 1. The number of carbonyl (C=O) groups excluding carboxylic acids is 1. The van der Waals surface area contributed by atoms with Crippen molar-refractivity contribution in [2.75, 3.05) is 6.54 Å². The van der Waals surface area contributed by atoms with Gasteiger partial charge in [0, 0.05) is 24.4 Å². The van der Waals surface area contributed by atoms with Crippen LogP contribution in [0.1, 0.15) is 50.8 Å². The van der Waals surface area contributed by atoms with E-state index < -0.39 is 17.3 Å². The fraction of sp³-hybridized carbons (Fsp3) is 0.409. The first-order chi connectivity index (χ1) is 13.1. The maximum absolute atomic E-state index is 13.4. The van der Waals surface area contributed by atoms with E-state index in [-0.39, 0.29) is 18.3 Å². The molecule has 2 aromatic rings. The van der Waals surface area contributed by atoms with Gasteiger partial charge in [0.25, 0.3) is 0 Å². The number of cyclic esters (lactones) is 1. The van der Waals surface area contributed by atoms with Gasteiger partial charge in [0.1, 0.15) is 11.4 Å². The Morgan fingerprint density at radius 3 is 2.36 bits per heavy atom. The second-order valence-corrected chi connectivity index (χ2v) is 8.47. The fourth-order valence-corrected chi connectivity index (χ4v) is 3.95. The number of hydrogen-bond acceptors (Lipinski definition) is 3. The molecule has 2 atom stereocenters. The Labute approximate surface area is 169 Å². The van der Waals surface area contributed by atoms with Gasteiger partial charge in [-0.1, -0.05) is 35.9 Å². The molecule has 1 N–H and O–H groups in total. The summed E-state index contributed by atoms with van der Waals surface area (Å²) in [5.74, 6) is -0.359. The topological polar surface area (TPSA) is 49.8 Å². The van der Waals surface area contributed by atoms with Crippen molar-refractivity contribution in [1.29, 1.82) is 0 Å². The van der Waals surface area contributed by atoms with Crippen LogP contribution in [-0.4, -0.2) is 28.2 Å². The summed E-state index contributed by atoms with van der Waals surface area (Å²) in [6.45, 7) is 5.74. The molecule has 4 nitrogen and oxygen atoms in total. The highest BCUT2D eigenvalue weighted by atomic mass is 35.5. The zero-order valence-corrected chi connectivity index (χ0v) is 17.0. The van der Waals surface area contributed by atoms with Crippen LogP contribution in [-0.2, 0) is 10.3 Å². The van der Waals surface area contributed by atoms with Gasteiger partial charge < -0.3 is 14.7 Å². The van der Waals surface area contributed by atoms with Crippen LogP contribution in [0.3, 0.4) is 0 Å². The summed E-state index contributed by atoms with van der Waals surface area (Å²) >= 11 is 5.95. The summed E-state index contributed by atoms with van der Waals surface area (Å²) < 4.78 is 19.3. The van der Waals surface area contributed by atoms with Gasteiger partial charge in [-0.2, -0.15) is 0 Å². The number of carbonyl (C=O) groups is 1. The molecule has 150 valence electrons. The predicted molar refractivity (Wildman–Crippen MR) is 107 cm³/mol. The molecule has 1 aliphatic rings. The third kappa shape index (κ3) is 4.47. The van der Waals surface area contributed by atoms with E-state index in [4.69, 9.17) is 16.3 Å². The first-order valence-electron chi connectivity index (χ1n) is 9.33. The smallest absolute Gasteiger partial charge is 0.411 e. The Hall–Kier alpha value is -2.11. The number of nitrogens with zero attached hydrogens (tertiary/aromatic N) is 1. The normalized spacial score (nSPS) is 21.4. The molecule has 1 saturated heterocycles. The summed E-state index contributed by atoms with van der Waals surface area (Å²) in [4.78, 5) is 14.6. The largest absolute Gasteiger partial charge is 0.438 e. The lowest BCUT2D eigenvalue weighted by molar-refractivity contribution is -0.101. The van der Waals surface area contributed by atoms with Crippen molar-refractivity contribution in [1.82, 2.24) is 4.90 Å². The minimum absolute atomic E-state index is 0.182. The van der Waals surface area contributed by atoms with Crippen molar-refractivity contribution in [3.8, 4) is 0 Å². The predicted octanol–water partition coefficient (Wildman–Crippen LogP) is 5.44. The van der Waals surface area contributed by atoms with Crippen LogP contribution in [0.25, 0.3) is 0 Å². The highest BCUT2D eigenvalue weighted by Gasteiger charge is 2.46. The van der Waals surface area contributed by atoms with E-state index in [0.717, 1.165) is 5.56 Å². The molecule has 0 aliphatic carbocycles. The van der Waals surface area contributed by atoms with Crippen molar-refractivity contribution in [2.24, 2.45) is 0 Å². The molecule has 1 heterocycles. The van der Waals surface area contributed by atoms with E-state index in [2.05, 4.69) is 0 Å². The Kier molecular flexibility index (Phi) is 5.69. The summed E-state index contributed by atoms with van der Waals surface area (Å²) in [6, 6.07) is 13.1. The Bertz CT molecular complexity index is 832. The van der Waals surface area contributed by atoms with Crippen LogP contribution in [0.2, 0.25) is 5.02 Å². The number of rotatable bonds is 5. The molecule has 0 aromatic heterocycles. The summed E-state index contributed by atoms with van der Waals surface area (Å²) in [5.41, 5.74) is -0.418. The molecule has 0 saturated carbocycles. The molecule has 0 spiro atoms. The molecule has 0 radical (unpaired) electrons. The molecule has 0 bridgehead atoms. The average Bonchev–Trinajstić information content (AvgIpc) is 2.61. The van der Waals surface area contributed by atoms with Gasteiger partial charge in [0.2, 0.25) is 0 Å². The van der Waals surface area contributed by atoms with Gasteiger partial charge in [-0.05, 0) is 56.2 Å². The molecule has 6 heteroatoms. The van der Waals surface area contributed by atoms with E-state index in [9.17, 15) is 14.3 Å². The van der Waals surface area contributed by atoms with Crippen LogP contribution in [0.5, 0.6) is 0 Å². The molecule has 1 fully saturated rings. The van der Waals surface area contributed by atoms with Crippen molar-refractivity contribution in [2.45, 2.75) is 50.9 Å². The van der Waals surface area contributed by atoms with E-state index in [1.165, 1.54) is 12.1 Å². The van der Waals surface area contributed by atoms with Crippen LogP contribution < -0.4 is 0 Å². The number of amides is 1. The highest BCUT2D eigenvalue weighted by molar-refractivity contribution is 6.30. The van der Waals surface area contributed by atoms with Crippen molar-refractivity contribution in [3.63, 3.8) is 0 Å². The Morgan fingerprint density at radius 1 is 1.21 bits per heavy atom. The Balaban J connectivity index is 1.87. The molecular formula is C22H25ClFNO3. The lowest BCUT2D eigenvalue weighted by atomic mass is 9.80. The van der Waals surface area contributed by atoms with E-state index in [0.29, 0.717) is 23.6 Å². The van der Waals surface area contributed by atoms with Gasteiger partial charge in [-0.15, -0.1) is 0 Å². The van der Waals surface area contributed by atoms with E-state index in [1.54, 1.807) is 43.0 Å². The van der Waals surface area contributed by atoms with Crippen LogP contribution >= 0.6 is 11.6 Å². The molecular weight excluding hydrogens is 381 g/mol. The standard InChI is InChI=1S/C22H25ClFNO3/c1-15(16-4-8-18(23)9-5-16)25-13-12-22(28-20(25)26,14-21(2,3)27)17-6-10-19(24)11-7-17/h4-11,15,27H,12-14H2,1-3H3/t15-,22?/m0/s1. The monoisotopic (exact) mass is 405 g/mol. The highest BCUT2D eigenvalue weighted by Crippen LogP contribution is 2.42. The zero-order chi connectivity index (χ0) is 20.5. The average molecular weight is 406 g/mol. The van der Waals surface area contributed by atoms with Crippen LogP contribution in [0.4, 0.5) is 9.18 Å². The number of ether oxygens (including phenoxy) is 1. The summed E-state index contributed by atoms with van der Waals surface area (Å²) in [7, 11) is 0. The maximum atomic E-state index is 13.4. The number of hydrogen-bond donors (Lipinski definition) is 1. The van der Waals surface area contributed by atoms with Gasteiger partial charge in [-0.3, -0.25) is 0 Å². The van der Waals surface area contributed by atoms with E-state index in [1.807, 2.05) is 19.1 Å². The van der Waals surface area contributed by atoms with Gasteiger partial charge in [-0.25, -0.2) is 9.18 Å². The van der Waals surface area contributed by atoms with Gasteiger partial charge >= 0.3 is 6.09 Å². The van der Waals surface area contributed by atoms with Gasteiger partial charge in [0.05, 0.1) is 11.6 Å². The van der Waals surface area contributed by atoms with Crippen molar-refractivity contribution >= 4 is 17.7 Å². The molecule has 1 unspecified atom stereocenters. The lowest BCUT2D eigenvalue weighted by Crippen LogP contribution is -2.51. The first-order valence-corrected chi connectivity index (χ1v) is 9.71. The third-order valence-corrected chi connectivity index (χ3v) is 5.43. The van der Waals surface area contributed by atoms with Crippen LogP contribution in [0, 0.1) is 5.82 Å². The maximum Gasteiger partial charge on any atom is 0.411 e. The summed E-state index contributed by atoms with van der Waals surface area (Å²) in [5, 5.41) is 11.1. The third-order valence-electron chi connectivity index (χ3n) is 5.18. The molecule has 3 rings (SSSR count). The van der Waals surface area contributed by atoms with Crippen molar-refractivity contribution < 1.29 is 19.0 Å². The number of benzene rings is 2. The second-order valence-electron chi connectivity index (χ2n) is 8.03. The SMILES string of the molecule is C[C@@H](c1ccc(Cl)cc1)N1CCC(CC(C)(C)O)(c2ccc(F)cc2)OC1=O. The zero-order valence-electron chi connectivity index (χ0n) is 16.3. The quantitative estimate of drug-likeness (QED) is 0.720. The van der Waals surface area contributed by atoms with E-state index >= 15 is 0 Å². The lowest BCUT2D eigenvalue weighted by Gasteiger charge is -2.45. The van der Waals surface area contributed by atoms with Crippen LogP contribution in [0.15, 0.2) is 48.5 Å². The fourth-order valence-electron chi connectivity index (χ4n) is 3.82. The summed E-state index contributed by atoms with van der Waals surface area (Å²) in [6.07, 6.45) is 0.259. The van der Waals surface area contributed by atoms with Crippen molar-refractivity contribution in [3.05, 3.63) is 70.5 Å². The van der Waals surface area contributed by atoms with Gasteiger partial charge in [0.15, 0.2) is 0 Å². The second kappa shape index (κ2) is 7.72. The Morgan fingerprint density at radius 2 is 1.82 bits per heavy atom. The minimum atomic E-state index is -1.06.